The summed E-state index contributed by atoms with van der Waals surface area (Å²) >= 11 is 0. The minimum Gasteiger partial charge on any atom is -0.478 e. The van der Waals surface area contributed by atoms with Crippen molar-refractivity contribution in [1.29, 1.82) is 0 Å². The van der Waals surface area contributed by atoms with E-state index in [1.807, 2.05) is 24.3 Å². The van der Waals surface area contributed by atoms with E-state index < -0.39 is 5.97 Å². The van der Waals surface area contributed by atoms with Crippen LogP contribution in [0.2, 0.25) is 0 Å². The Balaban J connectivity index is 2.29. The van der Waals surface area contributed by atoms with Gasteiger partial charge in [-0.1, -0.05) is 55.1 Å². The maximum absolute atomic E-state index is 10.8. The van der Waals surface area contributed by atoms with E-state index in [4.69, 9.17) is 5.11 Å². The molecule has 94 valence electrons. The fourth-order valence-electron chi connectivity index (χ4n) is 1.74. The Labute approximate surface area is 110 Å². The highest BCUT2D eigenvalue weighted by Crippen LogP contribution is 2.22. The van der Waals surface area contributed by atoms with Crippen LogP contribution in [0.5, 0.6) is 0 Å². The smallest absolute Gasteiger partial charge is 0.335 e. The molecule has 2 aromatic carbocycles. The molecule has 0 saturated heterocycles. The van der Waals surface area contributed by atoms with Crippen molar-refractivity contribution in [2.75, 3.05) is 0 Å². The zero-order valence-electron chi connectivity index (χ0n) is 10.2. The first kappa shape index (κ1) is 12.8. The van der Waals surface area contributed by atoms with Gasteiger partial charge in [0.2, 0.25) is 0 Å². The van der Waals surface area contributed by atoms with Gasteiger partial charge in [-0.15, -0.1) is 0 Å². The van der Waals surface area contributed by atoms with Gasteiger partial charge in [-0.25, -0.2) is 4.79 Å². The first-order valence-corrected chi connectivity index (χ1v) is 5.70. The Kier molecular flexibility index (Phi) is 3.57. The number of rotatable bonds is 4. The molecule has 0 aliphatic rings. The van der Waals surface area contributed by atoms with Gasteiger partial charge >= 0.3 is 5.97 Å². The molecule has 0 aromatic heterocycles. The second-order valence-corrected chi connectivity index (χ2v) is 4.10. The summed E-state index contributed by atoms with van der Waals surface area (Å²) < 4.78 is 0. The molecule has 0 spiro atoms. The summed E-state index contributed by atoms with van der Waals surface area (Å²) in [7, 11) is 0. The van der Waals surface area contributed by atoms with Crippen molar-refractivity contribution in [3.05, 3.63) is 66.2 Å². The van der Waals surface area contributed by atoms with Crippen LogP contribution < -0.4 is 0 Å². The predicted octanol–water partition coefficient (Wildman–Crippen LogP) is 3.26. The molecule has 0 bridgehead atoms. The largest absolute Gasteiger partial charge is 0.478 e. The van der Waals surface area contributed by atoms with Crippen LogP contribution in [0, 0.1) is 0 Å². The Hall–Kier alpha value is -2.68. The fourth-order valence-corrected chi connectivity index (χ4v) is 1.74. The quantitative estimate of drug-likeness (QED) is 0.671. The van der Waals surface area contributed by atoms with Gasteiger partial charge in [0.1, 0.15) is 6.29 Å². The Morgan fingerprint density at radius 2 is 1.42 bits per heavy atom. The number of hydrogen-bond acceptors (Lipinski definition) is 2. The summed E-state index contributed by atoms with van der Waals surface area (Å²) in [6.45, 7) is 3.51. The topological polar surface area (TPSA) is 54.4 Å². The van der Waals surface area contributed by atoms with Gasteiger partial charge in [0.15, 0.2) is 0 Å². The Morgan fingerprint density at radius 3 is 1.84 bits per heavy atom. The standard InChI is InChI=1S/C16H12O3/c1-11(16(18)19)13-6-8-15(9-7-13)14-4-2-12(10-17)3-5-14/h2-10H,1H2,(H,18,19). The van der Waals surface area contributed by atoms with Gasteiger partial charge in [-0.3, -0.25) is 4.79 Å². The van der Waals surface area contributed by atoms with Gasteiger partial charge in [-0.05, 0) is 16.7 Å². The van der Waals surface area contributed by atoms with Crippen LogP contribution in [0.1, 0.15) is 15.9 Å². The van der Waals surface area contributed by atoms with Crippen molar-refractivity contribution in [2.24, 2.45) is 0 Å². The second kappa shape index (κ2) is 5.31. The first-order valence-electron chi connectivity index (χ1n) is 5.70. The number of aldehydes is 1. The van der Waals surface area contributed by atoms with Gasteiger partial charge in [0.25, 0.3) is 0 Å². The summed E-state index contributed by atoms with van der Waals surface area (Å²) in [6, 6.07) is 14.3. The molecule has 0 saturated carbocycles. The van der Waals surface area contributed by atoms with Crippen molar-refractivity contribution in [3.63, 3.8) is 0 Å². The average Bonchev–Trinajstić information content (AvgIpc) is 2.46. The molecule has 0 amide bonds. The van der Waals surface area contributed by atoms with Gasteiger partial charge in [0, 0.05) is 5.56 Å². The molecule has 3 nitrogen and oxygen atoms in total. The molecule has 0 fully saturated rings. The number of carboxylic acids is 1. The van der Waals surface area contributed by atoms with Crippen LogP contribution in [0.4, 0.5) is 0 Å². The lowest BCUT2D eigenvalue weighted by Crippen LogP contribution is -1.97. The van der Waals surface area contributed by atoms with Crippen LogP contribution in [-0.4, -0.2) is 17.4 Å². The van der Waals surface area contributed by atoms with Crippen LogP contribution >= 0.6 is 0 Å². The lowest BCUT2D eigenvalue weighted by atomic mass is 10.0. The summed E-state index contributed by atoms with van der Waals surface area (Å²) in [5.74, 6) is -1.02. The minimum absolute atomic E-state index is 0.0721. The molecule has 3 heteroatoms. The molecule has 0 aliphatic heterocycles. The molecule has 0 unspecified atom stereocenters. The van der Waals surface area contributed by atoms with E-state index in [1.54, 1.807) is 24.3 Å². The number of carbonyl (C=O) groups excluding carboxylic acids is 1. The number of benzene rings is 2. The van der Waals surface area contributed by atoms with Gasteiger partial charge < -0.3 is 5.11 Å². The van der Waals surface area contributed by atoms with Crippen molar-refractivity contribution < 1.29 is 14.7 Å². The van der Waals surface area contributed by atoms with Crippen LogP contribution in [0.15, 0.2) is 55.1 Å². The normalized spacial score (nSPS) is 9.89. The third kappa shape index (κ3) is 2.77. The Bertz CT molecular complexity index is 622. The molecule has 2 rings (SSSR count). The monoisotopic (exact) mass is 252 g/mol. The van der Waals surface area contributed by atoms with Crippen molar-refractivity contribution in [2.45, 2.75) is 0 Å². The molecule has 0 aliphatic carbocycles. The summed E-state index contributed by atoms with van der Waals surface area (Å²) in [5, 5.41) is 8.85. The van der Waals surface area contributed by atoms with E-state index in [9.17, 15) is 9.59 Å². The second-order valence-electron chi connectivity index (χ2n) is 4.10. The molecular formula is C16H12O3. The van der Waals surface area contributed by atoms with Crippen molar-refractivity contribution in [3.8, 4) is 11.1 Å². The summed E-state index contributed by atoms with van der Waals surface area (Å²) in [4.78, 5) is 21.4. The SMILES string of the molecule is C=C(C(=O)O)c1ccc(-c2ccc(C=O)cc2)cc1. The summed E-state index contributed by atoms with van der Waals surface area (Å²) in [5.41, 5.74) is 3.21. The van der Waals surface area contributed by atoms with Crippen molar-refractivity contribution >= 4 is 17.8 Å². The van der Waals surface area contributed by atoms with E-state index in [2.05, 4.69) is 6.58 Å². The third-order valence-corrected chi connectivity index (χ3v) is 2.87. The predicted molar refractivity (Wildman–Crippen MR) is 73.9 cm³/mol. The van der Waals surface area contributed by atoms with E-state index >= 15 is 0 Å². The zero-order chi connectivity index (χ0) is 13.8. The molecule has 1 N–H and O–H groups in total. The van der Waals surface area contributed by atoms with Gasteiger partial charge in [-0.2, -0.15) is 0 Å². The molecule has 2 aromatic rings. The number of carboxylic acid groups (broad SMARTS) is 1. The first-order chi connectivity index (χ1) is 9.11. The average molecular weight is 252 g/mol. The maximum atomic E-state index is 10.8. The van der Waals surface area contributed by atoms with Crippen LogP contribution in [-0.2, 0) is 4.79 Å². The highest BCUT2D eigenvalue weighted by atomic mass is 16.4. The van der Waals surface area contributed by atoms with Crippen LogP contribution in [0.3, 0.4) is 0 Å². The molecule has 0 radical (unpaired) electrons. The lowest BCUT2D eigenvalue weighted by molar-refractivity contribution is -0.130. The molecule has 0 atom stereocenters. The Morgan fingerprint density at radius 1 is 0.947 bits per heavy atom. The molecular weight excluding hydrogens is 240 g/mol. The molecule has 0 heterocycles. The van der Waals surface area contributed by atoms with Gasteiger partial charge in [0.05, 0.1) is 5.57 Å². The van der Waals surface area contributed by atoms with E-state index in [0.717, 1.165) is 17.4 Å². The number of aliphatic carboxylic acids is 1. The maximum Gasteiger partial charge on any atom is 0.335 e. The number of hydrogen-bond donors (Lipinski definition) is 1. The van der Waals surface area contributed by atoms with Crippen molar-refractivity contribution in [1.82, 2.24) is 0 Å². The highest BCUT2D eigenvalue weighted by Gasteiger charge is 2.07. The third-order valence-electron chi connectivity index (χ3n) is 2.87. The lowest BCUT2D eigenvalue weighted by Gasteiger charge is -2.04. The highest BCUT2D eigenvalue weighted by molar-refractivity contribution is 6.14. The van der Waals surface area contributed by atoms with E-state index in [0.29, 0.717) is 11.1 Å². The zero-order valence-corrected chi connectivity index (χ0v) is 10.2. The van der Waals surface area contributed by atoms with Crippen LogP contribution in [0.25, 0.3) is 16.7 Å². The van der Waals surface area contributed by atoms with E-state index in [-0.39, 0.29) is 5.57 Å². The molecule has 19 heavy (non-hydrogen) atoms. The fraction of sp³-hybridized carbons (Fsp3) is 0. The van der Waals surface area contributed by atoms with E-state index in [1.165, 1.54) is 0 Å². The minimum atomic E-state index is -1.02. The number of carbonyl (C=O) groups is 2. The summed E-state index contributed by atoms with van der Waals surface area (Å²) in [6.07, 6.45) is 0.795.